The van der Waals surface area contributed by atoms with Gasteiger partial charge in [-0.2, -0.15) is 0 Å². The third kappa shape index (κ3) is 3.14. The van der Waals surface area contributed by atoms with Gasteiger partial charge in [-0.05, 0) is 17.7 Å². The van der Waals surface area contributed by atoms with E-state index in [0.29, 0.717) is 5.75 Å². The number of rotatable bonds is 5. The fourth-order valence-corrected chi connectivity index (χ4v) is 3.38. The molecule has 3 rings (SSSR count). The summed E-state index contributed by atoms with van der Waals surface area (Å²) in [5.74, 6) is -3.38. The van der Waals surface area contributed by atoms with Crippen LogP contribution >= 0.6 is 0 Å². The highest BCUT2D eigenvalue weighted by atomic mass is 16.5. The van der Waals surface area contributed by atoms with Crippen molar-refractivity contribution in [3.8, 4) is 17.2 Å². The maximum Gasteiger partial charge on any atom is 0.341 e. The van der Waals surface area contributed by atoms with Crippen LogP contribution in [0, 0.1) is 0 Å². The summed E-state index contributed by atoms with van der Waals surface area (Å²) in [5, 5.41) is 10.8. The molecule has 0 aliphatic heterocycles. The summed E-state index contributed by atoms with van der Waals surface area (Å²) in [7, 11) is 4.96. The number of phenolic OH excluding ortho intramolecular Hbond substituents is 1. The standard InChI is InChI=1S/C21H18O9/c1-27-10-7-12-16(13(8-10)28-2)20(25)17-11(18(12)23)5-9(6-14(22)29-3)15(19(17)24)21(26)30-4/h5,7-8,24H,6H2,1-4H3. The summed E-state index contributed by atoms with van der Waals surface area (Å²) in [6.45, 7) is 0. The van der Waals surface area contributed by atoms with Crippen LogP contribution in [0.25, 0.3) is 0 Å². The van der Waals surface area contributed by atoms with Crippen molar-refractivity contribution in [2.75, 3.05) is 28.4 Å². The third-order valence-electron chi connectivity index (χ3n) is 4.81. The summed E-state index contributed by atoms with van der Waals surface area (Å²) in [5.41, 5.74) is -0.986. The summed E-state index contributed by atoms with van der Waals surface area (Å²) in [4.78, 5) is 50.5. The fourth-order valence-electron chi connectivity index (χ4n) is 3.38. The first-order valence-electron chi connectivity index (χ1n) is 8.68. The molecule has 1 N–H and O–H groups in total. The molecule has 1 aliphatic rings. The van der Waals surface area contributed by atoms with Gasteiger partial charge in [0, 0.05) is 17.2 Å². The number of esters is 2. The maximum absolute atomic E-state index is 13.2. The second-order valence-electron chi connectivity index (χ2n) is 6.34. The number of carbonyl (C=O) groups is 4. The molecule has 0 saturated heterocycles. The van der Waals surface area contributed by atoms with Gasteiger partial charge in [0.05, 0.1) is 46.0 Å². The highest BCUT2D eigenvalue weighted by Crippen LogP contribution is 2.41. The van der Waals surface area contributed by atoms with E-state index in [1.54, 1.807) is 0 Å². The molecule has 9 heteroatoms. The number of ketones is 2. The minimum Gasteiger partial charge on any atom is -0.506 e. The maximum atomic E-state index is 13.2. The normalized spacial score (nSPS) is 12.0. The Morgan fingerprint density at radius 2 is 1.53 bits per heavy atom. The van der Waals surface area contributed by atoms with Crippen LogP contribution in [0.1, 0.15) is 47.8 Å². The van der Waals surface area contributed by atoms with Gasteiger partial charge >= 0.3 is 11.9 Å². The fraction of sp³-hybridized carbons (Fsp3) is 0.238. The van der Waals surface area contributed by atoms with Crippen molar-refractivity contribution < 1.29 is 43.2 Å². The number of aromatic hydroxyl groups is 1. The Kier molecular flexibility index (Phi) is 5.46. The minimum absolute atomic E-state index is 0.00980. The molecule has 0 radical (unpaired) electrons. The second kappa shape index (κ2) is 7.86. The first-order valence-corrected chi connectivity index (χ1v) is 8.68. The van der Waals surface area contributed by atoms with Crippen molar-refractivity contribution in [2.24, 2.45) is 0 Å². The highest BCUT2D eigenvalue weighted by Gasteiger charge is 2.38. The molecular weight excluding hydrogens is 396 g/mol. The van der Waals surface area contributed by atoms with E-state index >= 15 is 0 Å². The van der Waals surface area contributed by atoms with Gasteiger partial charge in [-0.25, -0.2) is 4.79 Å². The first-order chi connectivity index (χ1) is 14.3. The molecule has 30 heavy (non-hydrogen) atoms. The zero-order chi connectivity index (χ0) is 22.2. The van der Waals surface area contributed by atoms with E-state index in [0.717, 1.165) is 14.2 Å². The van der Waals surface area contributed by atoms with Crippen LogP contribution < -0.4 is 9.47 Å². The smallest absolute Gasteiger partial charge is 0.341 e. The van der Waals surface area contributed by atoms with E-state index in [1.165, 1.54) is 32.4 Å². The molecular formula is C21H18O9. The lowest BCUT2D eigenvalue weighted by atomic mass is 9.80. The van der Waals surface area contributed by atoms with Crippen LogP contribution in [-0.2, 0) is 20.7 Å². The van der Waals surface area contributed by atoms with Gasteiger partial charge in [0.2, 0.25) is 5.78 Å². The Morgan fingerprint density at radius 1 is 0.867 bits per heavy atom. The monoisotopic (exact) mass is 414 g/mol. The number of phenols is 1. The Bertz CT molecular complexity index is 1100. The van der Waals surface area contributed by atoms with Crippen molar-refractivity contribution in [2.45, 2.75) is 6.42 Å². The van der Waals surface area contributed by atoms with E-state index in [9.17, 15) is 24.3 Å². The number of benzene rings is 2. The van der Waals surface area contributed by atoms with E-state index in [2.05, 4.69) is 9.47 Å². The average molecular weight is 414 g/mol. The van der Waals surface area contributed by atoms with Gasteiger partial charge in [-0.1, -0.05) is 0 Å². The van der Waals surface area contributed by atoms with E-state index in [-0.39, 0.29) is 33.6 Å². The van der Waals surface area contributed by atoms with Gasteiger partial charge in [0.1, 0.15) is 22.8 Å². The third-order valence-corrected chi connectivity index (χ3v) is 4.81. The van der Waals surface area contributed by atoms with Crippen molar-refractivity contribution >= 4 is 23.5 Å². The number of hydrogen-bond acceptors (Lipinski definition) is 9. The SMILES string of the molecule is COC(=O)Cc1cc2c(c(O)c1C(=O)OC)C(=O)c1c(OC)cc(OC)cc1C2=O. The minimum atomic E-state index is -0.970. The number of carbonyl (C=O) groups excluding carboxylic acids is 4. The van der Waals surface area contributed by atoms with Crippen LogP contribution in [0.5, 0.6) is 17.2 Å². The number of hydrogen-bond donors (Lipinski definition) is 1. The molecule has 0 amide bonds. The van der Waals surface area contributed by atoms with Crippen molar-refractivity contribution in [3.63, 3.8) is 0 Å². The van der Waals surface area contributed by atoms with Crippen LogP contribution in [-0.4, -0.2) is 57.1 Å². The van der Waals surface area contributed by atoms with Crippen LogP contribution in [0.3, 0.4) is 0 Å². The number of ether oxygens (including phenoxy) is 4. The summed E-state index contributed by atoms with van der Waals surface area (Å²) in [6, 6.07) is 4.03. The Balaban J connectivity index is 2.34. The largest absolute Gasteiger partial charge is 0.506 e. The molecule has 2 aromatic carbocycles. The Hall–Kier alpha value is -3.88. The molecule has 0 bridgehead atoms. The zero-order valence-corrected chi connectivity index (χ0v) is 16.7. The van der Waals surface area contributed by atoms with Gasteiger partial charge in [-0.3, -0.25) is 14.4 Å². The lowest BCUT2D eigenvalue weighted by molar-refractivity contribution is -0.139. The van der Waals surface area contributed by atoms with Crippen LogP contribution in [0.15, 0.2) is 18.2 Å². The molecule has 0 aromatic heterocycles. The zero-order valence-electron chi connectivity index (χ0n) is 16.7. The molecule has 0 spiro atoms. The number of fused-ring (bicyclic) bond motifs is 2. The van der Waals surface area contributed by atoms with E-state index in [4.69, 9.17) is 9.47 Å². The molecule has 0 unspecified atom stereocenters. The summed E-state index contributed by atoms with van der Waals surface area (Å²) < 4.78 is 19.7. The quantitative estimate of drug-likeness (QED) is 0.621. The van der Waals surface area contributed by atoms with E-state index < -0.39 is 41.2 Å². The predicted octanol–water partition coefficient (Wildman–Crippen LogP) is 1.69. The lowest BCUT2D eigenvalue weighted by Crippen LogP contribution is -2.24. The topological polar surface area (TPSA) is 125 Å². The molecule has 0 heterocycles. The highest BCUT2D eigenvalue weighted by molar-refractivity contribution is 6.31. The second-order valence-corrected chi connectivity index (χ2v) is 6.34. The molecule has 0 saturated carbocycles. The molecule has 156 valence electrons. The van der Waals surface area contributed by atoms with Gasteiger partial charge < -0.3 is 24.1 Å². The number of methoxy groups -OCH3 is 4. The Morgan fingerprint density at radius 3 is 2.10 bits per heavy atom. The van der Waals surface area contributed by atoms with Crippen molar-refractivity contribution in [3.05, 3.63) is 51.6 Å². The van der Waals surface area contributed by atoms with Crippen molar-refractivity contribution in [1.29, 1.82) is 0 Å². The lowest BCUT2D eigenvalue weighted by Gasteiger charge is -2.23. The van der Waals surface area contributed by atoms with Gasteiger partial charge in [0.25, 0.3) is 0 Å². The summed E-state index contributed by atoms with van der Waals surface area (Å²) >= 11 is 0. The average Bonchev–Trinajstić information content (AvgIpc) is 2.75. The van der Waals surface area contributed by atoms with E-state index in [1.807, 2.05) is 0 Å². The van der Waals surface area contributed by atoms with Gasteiger partial charge in [0.15, 0.2) is 5.78 Å². The van der Waals surface area contributed by atoms with Crippen LogP contribution in [0.2, 0.25) is 0 Å². The Labute approximate surface area is 171 Å². The summed E-state index contributed by atoms with van der Waals surface area (Å²) in [6.07, 6.45) is -0.419. The van der Waals surface area contributed by atoms with Crippen molar-refractivity contribution in [1.82, 2.24) is 0 Å². The molecule has 1 aliphatic carbocycles. The molecule has 0 atom stereocenters. The van der Waals surface area contributed by atoms with Crippen LogP contribution in [0.4, 0.5) is 0 Å². The first kappa shape index (κ1) is 20.8. The predicted molar refractivity (Wildman–Crippen MR) is 102 cm³/mol. The molecule has 2 aromatic rings. The molecule has 9 nitrogen and oxygen atoms in total. The van der Waals surface area contributed by atoms with Gasteiger partial charge in [-0.15, -0.1) is 0 Å². The molecule has 0 fully saturated rings.